The van der Waals surface area contributed by atoms with Crippen molar-refractivity contribution in [2.24, 2.45) is 4.99 Å². The van der Waals surface area contributed by atoms with E-state index in [-0.39, 0.29) is 18.3 Å². The minimum absolute atomic E-state index is 0.0666. The van der Waals surface area contributed by atoms with Crippen LogP contribution in [0.3, 0.4) is 0 Å². The fraction of sp³-hybridized carbons (Fsp3) is 0.333. The second-order valence-electron chi connectivity index (χ2n) is 7.04. The van der Waals surface area contributed by atoms with Gasteiger partial charge in [-0.2, -0.15) is 0 Å². The van der Waals surface area contributed by atoms with Crippen LogP contribution in [0.25, 0.3) is 10.9 Å². The Hall–Kier alpha value is -2.87. The van der Waals surface area contributed by atoms with Gasteiger partial charge in [-0.25, -0.2) is 4.39 Å². The van der Waals surface area contributed by atoms with Crippen molar-refractivity contribution in [3.05, 3.63) is 57.7 Å². The highest BCUT2D eigenvalue weighted by molar-refractivity contribution is 7.10. The number of fused-ring (bicyclic) bond motifs is 2. The highest BCUT2D eigenvalue weighted by atomic mass is 32.1. The molecule has 6 nitrogen and oxygen atoms in total. The molecule has 0 fully saturated rings. The van der Waals surface area contributed by atoms with Crippen LogP contribution in [0.2, 0.25) is 0 Å². The van der Waals surface area contributed by atoms with Crippen molar-refractivity contribution in [3.8, 4) is 0 Å². The summed E-state index contributed by atoms with van der Waals surface area (Å²) in [5, 5.41) is 9.29. The van der Waals surface area contributed by atoms with E-state index in [1.807, 2.05) is 11.1 Å². The van der Waals surface area contributed by atoms with E-state index in [4.69, 9.17) is 0 Å². The molecular formula is C21H24FN5OS. The zero-order valence-corrected chi connectivity index (χ0v) is 17.1. The van der Waals surface area contributed by atoms with Crippen LogP contribution in [0.5, 0.6) is 0 Å². The predicted octanol–water partition coefficient (Wildman–Crippen LogP) is 2.66. The summed E-state index contributed by atoms with van der Waals surface area (Å²) in [5.74, 6) is 0.407. The van der Waals surface area contributed by atoms with Gasteiger partial charge in [0.2, 0.25) is 5.91 Å². The number of H-pyrrole nitrogens is 1. The van der Waals surface area contributed by atoms with Crippen molar-refractivity contribution in [2.45, 2.75) is 19.4 Å². The molecule has 29 heavy (non-hydrogen) atoms. The lowest BCUT2D eigenvalue weighted by molar-refractivity contribution is -0.130. The Morgan fingerprint density at radius 3 is 3.10 bits per heavy atom. The molecule has 0 spiro atoms. The second kappa shape index (κ2) is 8.65. The fourth-order valence-corrected chi connectivity index (χ4v) is 4.52. The SMILES string of the molecule is CN=C(NCCc1c[nH]c2ccc(F)cc12)NCC(=O)N1CCc2sccc2C1. The van der Waals surface area contributed by atoms with E-state index in [0.29, 0.717) is 25.5 Å². The number of aromatic nitrogens is 1. The van der Waals surface area contributed by atoms with E-state index >= 15 is 0 Å². The molecule has 0 saturated carbocycles. The van der Waals surface area contributed by atoms with Gasteiger partial charge in [0.15, 0.2) is 5.96 Å². The van der Waals surface area contributed by atoms with Crippen LogP contribution < -0.4 is 10.6 Å². The number of amides is 1. The van der Waals surface area contributed by atoms with Crippen LogP contribution in [0.4, 0.5) is 4.39 Å². The molecule has 152 valence electrons. The maximum atomic E-state index is 13.5. The molecule has 3 heterocycles. The molecule has 1 aliphatic rings. The van der Waals surface area contributed by atoms with Gasteiger partial charge in [0.05, 0.1) is 6.54 Å². The molecule has 4 rings (SSSR count). The Bertz CT molecular complexity index is 1040. The fourth-order valence-electron chi connectivity index (χ4n) is 3.63. The number of hydrogen-bond acceptors (Lipinski definition) is 3. The van der Waals surface area contributed by atoms with Gasteiger partial charge in [0.1, 0.15) is 5.82 Å². The van der Waals surface area contributed by atoms with Gasteiger partial charge in [-0.15, -0.1) is 11.3 Å². The van der Waals surface area contributed by atoms with E-state index in [1.165, 1.54) is 16.5 Å². The number of halogens is 1. The molecule has 0 atom stereocenters. The number of carbonyl (C=O) groups is 1. The lowest BCUT2D eigenvalue weighted by atomic mass is 10.1. The minimum Gasteiger partial charge on any atom is -0.361 e. The maximum Gasteiger partial charge on any atom is 0.242 e. The number of nitrogens with zero attached hydrogens (tertiary/aromatic N) is 2. The van der Waals surface area contributed by atoms with Crippen LogP contribution in [0.1, 0.15) is 16.0 Å². The molecule has 8 heteroatoms. The van der Waals surface area contributed by atoms with Crippen molar-refractivity contribution >= 4 is 34.1 Å². The molecule has 0 bridgehead atoms. The zero-order valence-electron chi connectivity index (χ0n) is 16.3. The number of aromatic amines is 1. The van der Waals surface area contributed by atoms with Gasteiger partial charge >= 0.3 is 0 Å². The first-order valence-corrected chi connectivity index (χ1v) is 10.5. The first kappa shape index (κ1) is 19.4. The number of carbonyl (C=O) groups excluding carboxylic acids is 1. The van der Waals surface area contributed by atoms with Crippen LogP contribution in [-0.2, 0) is 24.2 Å². The molecule has 1 aliphatic heterocycles. The second-order valence-corrected chi connectivity index (χ2v) is 8.04. The summed E-state index contributed by atoms with van der Waals surface area (Å²) < 4.78 is 13.5. The number of thiophene rings is 1. The quantitative estimate of drug-likeness (QED) is 0.445. The van der Waals surface area contributed by atoms with E-state index in [2.05, 4.69) is 32.1 Å². The monoisotopic (exact) mass is 413 g/mol. The van der Waals surface area contributed by atoms with E-state index < -0.39 is 0 Å². The lowest BCUT2D eigenvalue weighted by Gasteiger charge is -2.27. The Kier molecular flexibility index (Phi) is 5.80. The Balaban J connectivity index is 1.25. The normalized spacial score (nSPS) is 14.1. The van der Waals surface area contributed by atoms with Gasteiger partial charge < -0.3 is 20.5 Å². The standard InChI is InChI=1S/C21H24FN5OS/c1-23-21(24-7-4-14-11-25-18-3-2-16(22)10-17(14)18)26-12-20(28)27-8-5-19-15(13-27)6-9-29-19/h2-3,6,9-11,25H,4-5,7-8,12-13H2,1H3,(H2,23,24,26). The number of aliphatic imine (C=N–C) groups is 1. The largest absolute Gasteiger partial charge is 0.361 e. The summed E-state index contributed by atoms with van der Waals surface area (Å²) >= 11 is 1.76. The van der Waals surface area contributed by atoms with Crippen LogP contribution in [-0.4, -0.2) is 48.4 Å². The topological polar surface area (TPSA) is 72.5 Å². The van der Waals surface area contributed by atoms with Gasteiger partial charge in [-0.05, 0) is 53.6 Å². The van der Waals surface area contributed by atoms with E-state index in [1.54, 1.807) is 30.5 Å². The molecule has 3 N–H and O–H groups in total. The summed E-state index contributed by atoms with van der Waals surface area (Å²) in [4.78, 5) is 23.1. The average molecular weight is 414 g/mol. The molecule has 1 amide bonds. The third-order valence-corrected chi connectivity index (χ3v) is 6.23. The number of guanidine groups is 1. The molecule has 0 aliphatic carbocycles. The maximum absolute atomic E-state index is 13.5. The number of benzene rings is 1. The summed E-state index contributed by atoms with van der Waals surface area (Å²) in [6, 6.07) is 6.84. The Morgan fingerprint density at radius 2 is 2.24 bits per heavy atom. The number of hydrogen-bond donors (Lipinski definition) is 3. The number of rotatable bonds is 5. The van der Waals surface area contributed by atoms with Crippen LogP contribution in [0, 0.1) is 5.82 Å². The molecule has 0 unspecified atom stereocenters. The zero-order chi connectivity index (χ0) is 20.2. The molecule has 3 aromatic rings. The highest BCUT2D eigenvalue weighted by Crippen LogP contribution is 2.24. The third-order valence-electron chi connectivity index (χ3n) is 5.21. The molecule has 0 radical (unpaired) electrons. The molecule has 1 aromatic carbocycles. The number of nitrogens with one attached hydrogen (secondary N) is 3. The van der Waals surface area contributed by atoms with Gasteiger partial charge in [-0.1, -0.05) is 0 Å². The summed E-state index contributed by atoms with van der Waals surface area (Å²) in [6.45, 7) is 2.27. The van der Waals surface area contributed by atoms with Crippen molar-refractivity contribution in [2.75, 3.05) is 26.7 Å². The summed E-state index contributed by atoms with van der Waals surface area (Å²) in [6.07, 6.45) is 3.54. The van der Waals surface area contributed by atoms with Crippen LogP contribution >= 0.6 is 11.3 Å². The Labute approximate surface area is 172 Å². The molecule has 2 aromatic heterocycles. The van der Waals surface area contributed by atoms with Gasteiger partial charge in [0, 0.05) is 48.7 Å². The average Bonchev–Trinajstić information content (AvgIpc) is 3.36. The van der Waals surface area contributed by atoms with Crippen molar-refractivity contribution in [3.63, 3.8) is 0 Å². The minimum atomic E-state index is -0.241. The van der Waals surface area contributed by atoms with E-state index in [9.17, 15) is 9.18 Å². The van der Waals surface area contributed by atoms with Crippen molar-refractivity contribution < 1.29 is 9.18 Å². The molecule has 0 saturated heterocycles. The summed E-state index contributed by atoms with van der Waals surface area (Å²) in [5.41, 5.74) is 3.22. The lowest BCUT2D eigenvalue weighted by Crippen LogP contribution is -2.46. The Morgan fingerprint density at radius 1 is 1.34 bits per heavy atom. The van der Waals surface area contributed by atoms with Crippen LogP contribution in [0.15, 0.2) is 40.8 Å². The molecular weight excluding hydrogens is 389 g/mol. The van der Waals surface area contributed by atoms with Gasteiger partial charge in [-0.3, -0.25) is 9.79 Å². The first-order chi connectivity index (χ1) is 14.1. The first-order valence-electron chi connectivity index (χ1n) is 9.67. The summed E-state index contributed by atoms with van der Waals surface area (Å²) in [7, 11) is 1.68. The van der Waals surface area contributed by atoms with Crippen molar-refractivity contribution in [1.29, 1.82) is 0 Å². The smallest absolute Gasteiger partial charge is 0.242 e. The predicted molar refractivity (Wildman–Crippen MR) is 115 cm³/mol. The third kappa shape index (κ3) is 4.42. The highest BCUT2D eigenvalue weighted by Gasteiger charge is 2.21. The van der Waals surface area contributed by atoms with Crippen molar-refractivity contribution in [1.82, 2.24) is 20.5 Å². The van der Waals surface area contributed by atoms with E-state index in [0.717, 1.165) is 29.4 Å². The van der Waals surface area contributed by atoms with Gasteiger partial charge in [0.25, 0.3) is 0 Å².